The molecule has 126 valence electrons. The number of nitrogens with zero attached hydrogens (tertiary/aromatic N) is 2. The lowest BCUT2D eigenvalue weighted by atomic mass is 9.94. The number of rotatable bonds is 2. The number of hydrogen-bond donors (Lipinski definition) is 0. The lowest BCUT2D eigenvalue weighted by molar-refractivity contribution is -0.126. The number of oxime groups is 1. The minimum absolute atomic E-state index is 0.338. The van der Waals surface area contributed by atoms with E-state index >= 15 is 0 Å². The summed E-state index contributed by atoms with van der Waals surface area (Å²) < 4.78 is 0. The molecule has 2 aliphatic heterocycles. The molecule has 0 saturated carbocycles. The van der Waals surface area contributed by atoms with Crippen LogP contribution in [0.25, 0.3) is 0 Å². The molecule has 2 aliphatic rings. The average molecular weight is 355 g/mol. The van der Waals surface area contributed by atoms with Crippen LogP contribution in [-0.4, -0.2) is 23.6 Å². The molecule has 2 atom stereocenters. The topological polar surface area (TPSA) is 59.0 Å². The summed E-state index contributed by atoms with van der Waals surface area (Å²) in [5, 5.41) is 4.44. The monoisotopic (exact) mass is 354 g/mol. The molecule has 2 aromatic carbocycles. The first kappa shape index (κ1) is 15.8. The number of amides is 2. The number of aryl methyl sites for hydroxylation is 2. The first-order valence-electron chi connectivity index (χ1n) is 7.92. The van der Waals surface area contributed by atoms with Crippen LogP contribution in [0.15, 0.2) is 47.6 Å². The summed E-state index contributed by atoms with van der Waals surface area (Å²) in [5.74, 6) is -1.51. The molecule has 0 aromatic heterocycles. The van der Waals surface area contributed by atoms with Gasteiger partial charge in [0.25, 0.3) is 5.91 Å². The van der Waals surface area contributed by atoms with E-state index in [9.17, 15) is 9.59 Å². The van der Waals surface area contributed by atoms with E-state index in [2.05, 4.69) is 5.16 Å². The molecule has 6 heteroatoms. The van der Waals surface area contributed by atoms with Crippen LogP contribution < -0.4 is 4.90 Å². The van der Waals surface area contributed by atoms with Crippen molar-refractivity contribution < 1.29 is 14.4 Å². The normalized spacial score (nSPS) is 22.0. The Hall–Kier alpha value is -2.66. The molecule has 2 aromatic rings. The van der Waals surface area contributed by atoms with Crippen molar-refractivity contribution in [2.75, 3.05) is 4.90 Å². The number of hydrogen-bond acceptors (Lipinski definition) is 4. The van der Waals surface area contributed by atoms with Gasteiger partial charge in [0.15, 0.2) is 0 Å². The third kappa shape index (κ3) is 2.35. The van der Waals surface area contributed by atoms with Crippen molar-refractivity contribution in [1.82, 2.24) is 0 Å². The molecule has 0 radical (unpaired) electrons. The zero-order valence-corrected chi connectivity index (χ0v) is 14.4. The van der Waals surface area contributed by atoms with Crippen molar-refractivity contribution >= 4 is 34.8 Å². The predicted octanol–water partition coefficient (Wildman–Crippen LogP) is 3.25. The van der Waals surface area contributed by atoms with Crippen LogP contribution >= 0.6 is 11.6 Å². The van der Waals surface area contributed by atoms with Gasteiger partial charge in [-0.25, -0.2) is 4.90 Å². The van der Waals surface area contributed by atoms with Crippen molar-refractivity contribution in [3.05, 3.63) is 64.2 Å². The Morgan fingerprint density at radius 1 is 1.04 bits per heavy atom. The van der Waals surface area contributed by atoms with E-state index in [0.717, 1.165) is 11.1 Å². The standard InChI is InChI=1S/C19H15ClN2O3/c1-10-7-8-12(9-11(10)2)22-18(23)15-16(21-25-17(15)19(22)24)13-5-3-4-6-14(13)20/h3-9,15,17H,1-2H3/t15-,17+/m1/s1. The van der Waals surface area contributed by atoms with Crippen molar-refractivity contribution in [3.8, 4) is 0 Å². The minimum atomic E-state index is -0.930. The van der Waals surface area contributed by atoms with Gasteiger partial charge in [-0.15, -0.1) is 0 Å². The number of imide groups is 1. The van der Waals surface area contributed by atoms with E-state index in [1.165, 1.54) is 4.90 Å². The van der Waals surface area contributed by atoms with Crippen LogP contribution in [0.1, 0.15) is 16.7 Å². The molecule has 0 spiro atoms. The Bertz CT molecular complexity index is 938. The third-order valence-corrected chi connectivity index (χ3v) is 5.04. The van der Waals surface area contributed by atoms with Crippen molar-refractivity contribution in [1.29, 1.82) is 0 Å². The van der Waals surface area contributed by atoms with Crippen LogP contribution in [0, 0.1) is 19.8 Å². The summed E-state index contributed by atoms with van der Waals surface area (Å²) in [6, 6.07) is 12.6. The zero-order valence-electron chi connectivity index (χ0n) is 13.7. The fraction of sp³-hybridized carbons (Fsp3) is 0.211. The highest BCUT2D eigenvalue weighted by atomic mass is 35.5. The van der Waals surface area contributed by atoms with Gasteiger partial charge in [0.05, 0.1) is 5.69 Å². The lowest BCUT2D eigenvalue weighted by Gasteiger charge is -2.16. The van der Waals surface area contributed by atoms with E-state index < -0.39 is 17.9 Å². The Morgan fingerprint density at radius 2 is 1.80 bits per heavy atom. The van der Waals surface area contributed by atoms with Gasteiger partial charge >= 0.3 is 0 Å². The smallest absolute Gasteiger partial charge is 0.278 e. The zero-order chi connectivity index (χ0) is 17.7. The van der Waals surface area contributed by atoms with Gasteiger partial charge < -0.3 is 4.84 Å². The summed E-state index contributed by atoms with van der Waals surface area (Å²) in [7, 11) is 0. The van der Waals surface area contributed by atoms with Crippen LogP contribution in [0.2, 0.25) is 5.02 Å². The molecule has 0 bridgehead atoms. The number of fused-ring (bicyclic) bond motifs is 1. The molecule has 4 rings (SSSR count). The highest BCUT2D eigenvalue weighted by Gasteiger charge is 2.56. The van der Waals surface area contributed by atoms with Gasteiger partial charge in [-0.2, -0.15) is 0 Å². The number of halogens is 1. The largest absolute Gasteiger partial charge is 0.381 e. The SMILES string of the molecule is Cc1ccc(N2C(=O)[C@@H]3C(c4ccccc4Cl)=NO[C@@H]3C2=O)cc1C. The predicted molar refractivity (Wildman–Crippen MR) is 94.8 cm³/mol. The molecule has 0 unspecified atom stereocenters. The molecule has 0 N–H and O–H groups in total. The quantitative estimate of drug-likeness (QED) is 0.778. The van der Waals surface area contributed by atoms with Gasteiger partial charge in [-0.05, 0) is 43.2 Å². The maximum absolute atomic E-state index is 13.0. The van der Waals surface area contributed by atoms with Crippen LogP contribution in [0.4, 0.5) is 5.69 Å². The summed E-state index contributed by atoms with van der Waals surface area (Å²) in [5.41, 5.74) is 3.67. The summed E-state index contributed by atoms with van der Waals surface area (Å²) >= 11 is 6.22. The van der Waals surface area contributed by atoms with Crippen LogP contribution in [-0.2, 0) is 14.4 Å². The molecule has 2 amide bonds. The van der Waals surface area contributed by atoms with E-state index in [4.69, 9.17) is 16.4 Å². The Morgan fingerprint density at radius 3 is 2.52 bits per heavy atom. The number of anilines is 1. The lowest BCUT2D eigenvalue weighted by Crippen LogP contribution is -2.33. The summed E-state index contributed by atoms with van der Waals surface area (Å²) in [6.45, 7) is 3.92. The maximum Gasteiger partial charge on any atom is 0.278 e. The highest BCUT2D eigenvalue weighted by Crippen LogP contribution is 2.36. The van der Waals surface area contributed by atoms with Gasteiger partial charge in [0, 0.05) is 10.6 Å². The highest BCUT2D eigenvalue weighted by molar-refractivity contribution is 6.38. The van der Waals surface area contributed by atoms with Gasteiger partial charge in [-0.1, -0.05) is 41.0 Å². The molecule has 1 saturated heterocycles. The fourth-order valence-electron chi connectivity index (χ4n) is 3.19. The van der Waals surface area contributed by atoms with Gasteiger partial charge in [0.1, 0.15) is 11.6 Å². The molecular weight excluding hydrogens is 340 g/mol. The van der Waals surface area contributed by atoms with Crippen LogP contribution in [0.3, 0.4) is 0 Å². The Kier molecular flexibility index (Phi) is 3.62. The van der Waals surface area contributed by atoms with Gasteiger partial charge in [-0.3, -0.25) is 9.59 Å². The third-order valence-electron chi connectivity index (χ3n) is 4.71. The first-order chi connectivity index (χ1) is 12.0. The molecule has 5 nitrogen and oxygen atoms in total. The molecule has 0 aliphatic carbocycles. The minimum Gasteiger partial charge on any atom is -0.381 e. The van der Waals surface area contributed by atoms with E-state index in [-0.39, 0.29) is 5.91 Å². The van der Waals surface area contributed by atoms with Crippen molar-refractivity contribution in [2.45, 2.75) is 20.0 Å². The second-order valence-corrected chi connectivity index (χ2v) is 6.65. The Labute approximate surface area is 149 Å². The first-order valence-corrected chi connectivity index (χ1v) is 8.30. The van der Waals surface area contributed by atoms with E-state index in [1.54, 1.807) is 30.3 Å². The van der Waals surface area contributed by atoms with E-state index in [0.29, 0.717) is 22.0 Å². The molecule has 25 heavy (non-hydrogen) atoms. The maximum atomic E-state index is 13.0. The second kappa shape index (κ2) is 5.70. The van der Waals surface area contributed by atoms with Crippen molar-refractivity contribution in [3.63, 3.8) is 0 Å². The van der Waals surface area contributed by atoms with Crippen molar-refractivity contribution in [2.24, 2.45) is 11.1 Å². The molecule has 1 fully saturated rings. The van der Waals surface area contributed by atoms with Gasteiger partial charge in [0.2, 0.25) is 12.0 Å². The second-order valence-electron chi connectivity index (χ2n) is 6.24. The number of carbonyl (C=O) groups is 2. The number of carbonyl (C=O) groups excluding carboxylic acids is 2. The molecular formula is C19H15ClN2O3. The number of benzene rings is 2. The molecule has 2 heterocycles. The summed E-state index contributed by atoms with van der Waals surface area (Å²) in [6.07, 6.45) is -0.930. The average Bonchev–Trinajstić information content (AvgIpc) is 3.12. The summed E-state index contributed by atoms with van der Waals surface area (Å²) in [4.78, 5) is 32.2. The fourth-order valence-corrected chi connectivity index (χ4v) is 3.42. The van der Waals surface area contributed by atoms with E-state index in [1.807, 2.05) is 26.0 Å². The van der Waals surface area contributed by atoms with Crippen LogP contribution in [0.5, 0.6) is 0 Å². The Balaban J connectivity index is 1.74.